The minimum Gasteiger partial charge on any atom is -0.491 e. The Kier molecular flexibility index (Phi) is 4.18. The third-order valence-electron chi connectivity index (χ3n) is 3.44. The van der Waals surface area contributed by atoms with E-state index >= 15 is 0 Å². The van der Waals surface area contributed by atoms with Gasteiger partial charge < -0.3 is 9.84 Å². The predicted molar refractivity (Wildman–Crippen MR) is 68.2 cm³/mol. The molecular weight excluding hydrogens is 230 g/mol. The second kappa shape index (κ2) is 5.85. The van der Waals surface area contributed by atoms with Crippen LogP contribution >= 0.6 is 0 Å². The summed E-state index contributed by atoms with van der Waals surface area (Å²) >= 11 is 0. The maximum Gasteiger partial charge on any atom is 0.339 e. The SMILES string of the molecule is CCOc1cnc(C2CCCCC2)cc1C(=O)O. The largest absolute Gasteiger partial charge is 0.491 e. The standard InChI is InChI=1S/C14H19NO3/c1-2-18-13-9-15-12(8-11(13)14(16)17)10-6-4-3-5-7-10/h8-10H,2-7H2,1H3,(H,16,17). The van der Waals surface area contributed by atoms with Crippen LogP contribution in [0.3, 0.4) is 0 Å². The zero-order valence-corrected chi connectivity index (χ0v) is 10.7. The molecule has 1 N–H and O–H groups in total. The number of aromatic carboxylic acids is 1. The molecular formula is C14H19NO3. The van der Waals surface area contributed by atoms with Gasteiger partial charge in [-0.2, -0.15) is 0 Å². The van der Waals surface area contributed by atoms with E-state index in [1.54, 1.807) is 12.3 Å². The van der Waals surface area contributed by atoms with Gasteiger partial charge in [0.2, 0.25) is 0 Å². The van der Waals surface area contributed by atoms with Gasteiger partial charge >= 0.3 is 5.97 Å². The highest BCUT2D eigenvalue weighted by Crippen LogP contribution is 2.33. The third kappa shape index (κ3) is 2.81. The Labute approximate surface area is 107 Å². The lowest BCUT2D eigenvalue weighted by molar-refractivity contribution is 0.0692. The zero-order valence-electron chi connectivity index (χ0n) is 10.7. The van der Waals surface area contributed by atoms with E-state index in [9.17, 15) is 9.90 Å². The molecule has 1 saturated carbocycles. The molecule has 1 aromatic heterocycles. The number of carbonyl (C=O) groups is 1. The van der Waals surface area contributed by atoms with E-state index in [0.717, 1.165) is 18.5 Å². The Balaban J connectivity index is 2.27. The van der Waals surface area contributed by atoms with Gasteiger partial charge in [0.25, 0.3) is 0 Å². The molecule has 4 nitrogen and oxygen atoms in total. The zero-order chi connectivity index (χ0) is 13.0. The molecule has 0 spiro atoms. The molecule has 1 aromatic rings. The molecule has 0 aliphatic heterocycles. The summed E-state index contributed by atoms with van der Waals surface area (Å²) in [6.07, 6.45) is 7.47. The molecule has 0 atom stereocenters. The lowest BCUT2D eigenvalue weighted by Gasteiger charge is -2.21. The van der Waals surface area contributed by atoms with Crippen LogP contribution in [0.4, 0.5) is 0 Å². The number of carboxylic acids is 1. The van der Waals surface area contributed by atoms with Crippen LogP contribution in [-0.2, 0) is 0 Å². The fourth-order valence-corrected chi connectivity index (χ4v) is 2.52. The fraction of sp³-hybridized carbons (Fsp3) is 0.571. The molecule has 2 rings (SSSR count). The van der Waals surface area contributed by atoms with Gasteiger partial charge in [-0.25, -0.2) is 4.79 Å². The summed E-state index contributed by atoms with van der Waals surface area (Å²) in [5, 5.41) is 9.21. The van der Waals surface area contributed by atoms with Gasteiger partial charge in [-0.3, -0.25) is 4.98 Å². The molecule has 98 valence electrons. The van der Waals surface area contributed by atoms with E-state index in [1.165, 1.54) is 19.3 Å². The summed E-state index contributed by atoms with van der Waals surface area (Å²) in [5.41, 5.74) is 1.13. The third-order valence-corrected chi connectivity index (χ3v) is 3.44. The van der Waals surface area contributed by atoms with Crippen molar-refractivity contribution in [1.82, 2.24) is 4.98 Å². The number of aromatic nitrogens is 1. The molecule has 0 saturated heterocycles. The van der Waals surface area contributed by atoms with Crippen molar-refractivity contribution < 1.29 is 14.6 Å². The minimum absolute atomic E-state index is 0.229. The van der Waals surface area contributed by atoms with Crippen molar-refractivity contribution in [3.8, 4) is 5.75 Å². The quantitative estimate of drug-likeness (QED) is 0.890. The number of hydrogen-bond donors (Lipinski definition) is 1. The van der Waals surface area contributed by atoms with Crippen LogP contribution in [-0.4, -0.2) is 22.7 Å². The van der Waals surface area contributed by atoms with Crippen molar-refractivity contribution in [2.45, 2.75) is 44.9 Å². The van der Waals surface area contributed by atoms with Gasteiger partial charge in [0.15, 0.2) is 5.75 Å². The average molecular weight is 249 g/mol. The molecule has 0 amide bonds. The number of rotatable bonds is 4. The molecule has 1 heterocycles. The summed E-state index contributed by atoms with van der Waals surface area (Å²) in [6.45, 7) is 2.28. The van der Waals surface area contributed by atoms with Crippen LogP contribution in [0.15, 0.2) is 12.3 Å². The van der Waals surface area contributed by atoms with E-state index in [4.69, 9.17) is 4.74 Å². The van der Waals surface area contributed by atoms with Gasteiger partial charge in [0.1, 0.15) is 5.56 Å². The average Bonchev–Trinajstić information content (AvgIpc) is 2.40. The second-order valence-corrected chi connectivity index (χ2v) is 4.68. The number of hydrogen-bond acceptors (Lipinski definition) is 3. The summed E-state index contributed by atoms with van der Waals surface area (Å²) in [7, 11) is 0. The summed E-state index contributed by atoms with van der Waals surface area (Å²) in [4.78, 5) is 15.6. The van der Waals surface area contributed by atoms with Crippen molar-refractivity contribution in [1.29, 1.82) is 0 Å². The van der Waals surface area contributed by atoms with Gasteiger partial charge in [-0.15, -0.1) is 0 Å². The van der Waals surface area contributed by atoms with Gasteiger partial charge in [0.05, 0.1) is 12.8 Å². The maximum atomic E-state index is 11.2. The topological polar surface area (TPSA) is 59.4 Å². The van der Waals surface area contributed by atoms with E-state index < -0.39 is 5.97 Å². The van der Waals surface area contributed by atoms with Crippen LogP contribution in [0.1, 0.15) is 61.0 Å². The van der Waals surface area contributed by atoms with E-state index in [0.29, 0.717) is 18.3 Å². The molecule has 0 unspecified atom stereocenters. The molecule has 1 aliphatic rings. The highest BCUT2D eigenvalue weighted by atomic mass is 16.5. The molecule has 0 radical (unpaired) electrons. The first-order valence-electron chi connectivity index (χ1n) is 6.58. The minimum atomic E-state index is -0.946. The Morgan fingerprint density at radius 2 is 2.17 bits per heavy atom. The van der Waals surface area contributed by atoms with Crippen molar-refractivity contribution in [3.05, 3.63) is 23.5 Å². The van der Waals surface area contributed by atoms with Crippen molar-refractivity contribution in [2.75, 3.05) is 6.61 Å². The number of pyridine rings is 1. The molecule has 1 aliphatic carbocycles. The normalized spacial score (nSPS) is 16.5. The monoisotopic (exact) mass is 249 g/mol. The summed E-state index contributed by atoms with van der Waals surface area (Å²) < 4.78 is 5.30. The van der Waals surface area contributed by atoms with Crippen LogP contribution in [0.5, 0.6) is 5.75 Å². The molecule has 1 fully saturated rings. The first kappa shape index (κ1) is 12.9. The van der Waals surface area contributed by atoms with E-state index in [-0.39, 0.29) is 5.56 Å². The van der Waals surface area contributed by atoms with Gasteiger partial charge in [-0.05, 0) is 25.8 Å². The van der Waals surface area contributed by atoms with Crippen molar-refractivity contribution in [3.63, 3.8) is 0 Å². The highest BCUT2D eigenvalue weighted by molar-refractivity contribution is 5.90. The predicted octanol–water partition coefficient (Wildman–Crippen LogP) is 3.23. The maximum absolute atomic E-state index is 11.2. The van der Waals surface area contributed by atoms with Crippen LogP contribution in [0.2, 0.25) is 0 Å². The van der Waals surface area contributed by atoms with Gasteiger partial charge in [0, 0.05) is 11.6 Å². The van der Waals surface area contributed by atoms with Crippen LogP contribution < -0.4 is 4.74 Å². The Morgan fingerprint density at radius 1 is 1.44 bits per heavy atom. The first-order valence-corrected chi connectivity index (χ1v) is 6.58. The smallest absolute Gasteiger partial charge is 0.339 e. The number of nitrogens with zero attached hydrogens (tertiary/aromatic N) is 1. The summed E-state index contributed by atoms with van der Waals surface area (Å²) in [6, 6.07) is 1.68. The van der Waals surface area contributed by atoms with Crippen molar-refractivity contribution >= 4 is 5.97 Å². The van der Waals surface area contributed by atoms with E-state index in [1.807, 2.05) is 6.92 Å². The van der Waals surface area contributed by atoms with Crippen LogP contribution in [0.25, 0.3) is 0 Å². The van der Waals surface area contributed by atoms with E-state index in [2.05, 4.69) is 4.98 Å². The van der Waals surface area contributed by atoms with Gasteiger partial charge in [-0.1, -0.05) is 19.3 Å². The Bertz CT molecular complexity index is 425. The summed E-state index contributed by atoms with van der Waals surface area (Å²) in [5.74, 6) is -0.171. The molecule has 0 aromatic carbocycles. The Hall–Kier alpha value is -1.58. The van der Waals surface area contributed by atoms with Crippen LogP contribution in [0, 0.1) is 0 Å². The number of carboxylic acid groups (broad SMARTS) is 1. The lowest BCUT2D eigenvalue weighted by Crippen LogP contribution is -2.10. The fourth-order valence-electron chi connectivity index (χ4n) is 2.52. The molecule has 18 heavy (non-hydrogen) atoms. The van der Waals surface area contributed by atoms with Crippen molar-refractivity contribution in [2.24, 2.45) is 0 Å². The molecule has 4 heteroatoms. The lowest BCUT2D eigenvalue weighted by atomic mass is 9.86. The second-order valence-electron chi connectivity index (χ2n) is 4.68. The number of ether oxygens (including phenoxy) is 1. The Morgan fingerprint density at radius 3 is 2.78 bits per heavy atom. The first-order chi connectivity index (χ1) is 8.72. The highest BCUT2D eigenvalue weighted by Gasteiger charge is 2.20. The molecule has 0 bridgehead atoms.